The van der Waals surface area contributed by atoms with Crippen LogP contribution in [0.4, 0.5) is 0 Å². The molecule has 0 amide bonds. The van der Waals surface area contributed by atoms with Crippen molar-refractivity contribution in [2.45, 2.75) is 25.3 Å². The van der Waals surface area contributed by atoms with E-state index in [1.807, 2.05) is 79.7 Å². The highest BCUT2D eigenvalue weighted by Gasteiger charge is 2.36. The van der Waals surface area contributed by atoms with Gasteiger partial charge in [-0.25, -0.2) is 0 Å². The molecule has 0 bridgehead atoms. The number of carboxylic acid groups (broad SMARTS) is 1. The minimum atomic E-state index is -1.42. The van der Waals surface area contributed by atoms with Crippen LogP contribution in [0.25, 0.3) is 11.1 Å². The first-order valence-corrected chi connectivity index (χ1v) is 10.3. The second-order valence-corrected chi connectivity index (χ2v) is 8.03. The third-order valence-electron chi connectivity index (χ3n) is 5.86. The van der Waals surface area contributed by atoms with Gasteiger partial charge in [-0.2, -0.15) is 0 Å². The summed E-state index contributed by atoms with van der Waals surface area (Å²) in [4.78, 5) is 24.6. The Hall–Kier alpha value is -3.44. The predicted octanol–water partition coefficient (Wildman–Crippen LogP) is 3.92. The van der Waals surface area contributed by atoms with Gasteiger partial charge in [-0.3, -0.25) is 9.59 Å². The maximum atomic E-state index is 12.8. The van der Waals surface area contributed by atoms with Gasteiger partial charge >= 0.3 is 11.9 Å². The summed E-state index contributed by atoms with van der Waals surface area (Å²) in [5.41, 5.74) is 12.5. The van der Waals surface area contributed by atoms with E-state index < -0.39 is 23.9 Å². The Bertz CT molecular complexity index is 1080. The number of esters is 1. The molecule has 3 N–H and O–H groups in total. The molecular weight excluding hydrogens is 390 g/mol. The Kier molecular flexibility index (Phi) is 5.87. The zero-order chi connectivity index (χ0) is 22.0. The van der Waals surface area contributed by atoms with Crippen LogP contribution in [0.15, 0.2) is 72.8 Å². The number of carboxylic acids is 1. The van der Waals surface area contributed by atoms with E-state index in [4.69, 9.17) is 10.5 Å². The van der Waals surface area contributed by atoms with Crippen LogP contribution in [0, 0.1) is 12.8 Å². The second-order valence-electron chi connectivity index (χ2n) is 8.03. The number of hydrogen-bond donors (Lipinski definition) is 2. The number of carbonyl (C=O) groups is 2. The van der Waals surface area contributed by atoms with E-state index in [9.17, 15) is 14.7 Å². The highest BCUT2D eigenvalue weighted by molar-refractivity contribution is 5.95. The number of carbonyl (C=O) groups excluding carboxylic acids is 1. The Morgan fingerprint density at radius 2 is 1.58 bits per heavy atom. The molecule has 4 rings (SSSR count). The van der Waals surface area contributed by atoms with E-state index in [0.717, 1.165) is 33.4 Å². The number of aliphatic carboxylic acids is 1. The first-order chi connectivity index (χ1) is 15.0. The number of ether oxygens (including phenoxy) is 1. The van der Waals surface area contributed by atoms with Gasteiger partial charge in [-0.05, 0) is 41.2 Å². The van der Waals surface area contributed by atoms with Gasteiger partial charge in [0, 0.05) is 12.0 Å². The molecule has 2 atom stereocenters. The molecule has 0 saturated carbocycles. The summed E-state index contributed by atoms with van der Waals surface area (Å²) in [6, 6.07) is 22.8. The molecule has 5 heteroatoms. The molecule has 0 spiro atoms. The molecule has 3 aromatic rings. The highest BCUT2D eigenvalue weighted by Crippen LogP contribution is 2.44. The largest absolute Gasteiger partial charge is 0.481 e. The van der Waals surface area contributed by atoms with Gasteiger partial charge in [-0.15, -0.1) is 0 Å². The quantitative estimate of drug-likeness (QED) is 0.451. The summed E-state index contributed by atoms with van der Waals surface area (Å²) in [6.45, 7) is 2.03. The Balaban J connectivity index is 1.49. The van der Waals surface area contributed by atoms with Crippen molar-refractivity contribution in [1.82, 2.24) is 0 Å². The lowest BCUT2D eigenvalue weighted by molar-refractivity contribution is -0.159. The van der Waals surface area contributed by atoms with E-state index in [-0.39, 0.29) is 18.9 Å². The summed E-state index contributed by atoms with van der Waals surface area (Å²) in [6.07, 6.45) is 0.281. The van der Waals surface area contributed by atoms with Crippen LogP contribution in [-0.2, 0) is 20.7 Å². The van der Waals surface area contributed by atoms with E-state index in [2.05, 4.69) is 0 Å². The summed E-state index contributed by atoms with van der Waals surface area (Å²) < 4.78 is 5.55. The minimum Gasteiger partial charge on any atom is -0.481 e. The Morgan fingerprint density at radius 3 is 2.16 bits per heavy atom. The van der Waals surface area contributed by atoms with Crippen molar-refractivity contribution in [2.75, 3.05) is 6.61 Å². The van der Waals surface area contributed by atoms with Crippen molar-refractivity contribution in [1.29, 1.82) is 0 Å². The smallest absolute Gasteiger partial charge is 0.321 e. The normalized spacial score (nSPS) is 14.4. The molecular formula is C26H25NO4. The Labute approximate surface area is 181 Å². The molecule has 1 aliphatic carbocycles. The molecule has 0 saturated heterocycles. The first-order valence-electron chi connectivity index (χ1n) is 10.3. The van der Waals surface area contributed by atoms with Crippen LogP contribution >= 0.6 is 0 Å². The number of rotatable bonds is 7. The van der Waals surface area contributed by atoms with Gasteiger partial charge in [0.25, 0.3) is 0 Å². The van der Waals surface area contributed by atoms with Crippen molar-refractivity contribution < 1.29 is 19.4 Å². The van der Waals surface area contributed by atoms with E-state index >= 15 is 0 Å². The maximum absolute atomic E-state index is 12.8. The standard InChI is InChI=1S/C26H25NO4/c1-16-7-6-8-17(13-16)14-23(27)24(25(28)29)26(30)31-15-22-20-11-4-2-9-18(20)19-10-3-5-12-21(19)22/h2-13,22-24H,14-15,27H2,1H3,(H,28,29)/t23?,24-/m1/s1. The van der Waals surface area contributed by atoms with Crippen LogP contribution in [0.3, 0.4) is 0 Å². The van der Waals surface area contributed by atoms with Gasteiger partial charge < -0.3 is 15.6 Å². The van der Waals surface area contributed by atoms with E-state index in [0.29, 0.717) is 0 Å². The van der Waals surface area contributed by atoms with Crippen LogP contribution in [0.2, 0.25) is 0 Å². The van der Waals surface area contributed by atoms with E-state index in [1.165, 1.54) is 0 Å². The molecule has 1 unspecified atom stereocenters. The molecule has 158 valence electrons. The number of fused-ring (bicyclic) bond motifs is 3. The number of nitrogens with two attached hydrogens (primary N) is 1. The molecule has 31 heavy (non-hydrogen) atoms. The zero-order valence-electron chi connectivity index (χ0n) is 17.3. The minimum absolute atomic E-state index is 0.0772. The molecule has 5 nitrogen and oxygen atoms in total. The molecule has 0 heterocycles. The average Bonchev–Trinajstić information content (AvgIpc) is 3.06. The topological polar surface area (TPSA) is 89.6 Å². The van der Waals surface area contributed by atoms with Crippen LogP contribution in [0.5, 0.6) is 0 Å². The summed E-state index contributed by atoms with van der Waals surface area (Å²) in [5.74, 6) is -3.61. The fourth-order valence-corrected chi connectivity index (χ4v) is 4.38. The molecule has 3 aromatic carbocycles. The fourth-order valence-electron chi connectivity index (χ4n) is 4.38. The Morgan fingerprint density at radius 1 is 0.968 bits per heavy atom. The maximum Gasteiger partial charge on any atom is 0.321 e. The van der Waals surface area contributed by atoms with Crippen molar-refractivity contribution in [3.05, 3.63) is 95.1 Å². The lowest BCUT2D eigenvalue weighted by Gasteiger charge is -2.21. The first kappa shape index (κ1) is 20.8. The predicted molar refractivity (Wildman–Crippen MR) is 119 cm³/mol. The van der Waals surface area contributed by atoms with Gasteiger partial charge in [0.1, 0.15) is 6.61 Å². The lowest BCUT2D eigenvalue weighted by atomic mass is 9.93. The highest BCUT2D eigenvalue weighted by atomic mass is 16.5. The number of hydrogen-bond acceptors (Lipinski definition) is 4. The van der Waals surface area contributed by atoms with Crippen molar-refractivity contribution >= 4 is 11.9 Å². The fraction of sp³-hybridized carbons (Fsp3) is 0.231. The molecule has 0 aromatic heterocycles. The monoisotopic (exact) mass is 415 g/mol. The summed E-state index contributed by atoms with van der Waals surface area (Å²) in [5, 5.41) is 9.67. The molecule has 0 aliphatic heterocycles. The van der Waals surface area contributed by atoms with Gasteiger partial charge in [0.15, 0.2) is 5.92 Å². The number of aryl methyl sites for hydroxylation is 1. The SMILES string of the molecule is Cc1cccc(CC(N)[C@H](C(=O)O)C(=O)OCC2c3ccccc3-c3ccccc32)c1. The average molecular weight is 415 g/mol. The number of benzene rings is 3. The van der Waals surface area contributed by atoms with Crippen molar-refractivity contribution in [2.24, 2.45) is 11.7 Å². The molecule has 0 fully saturated rings. The van der Waals surface area contributed by atoms with Crippen LogP contribution < -0.4 is 5.73 Å². The second kappa shape index (κ2) is 8.74. The summed E-state index contributed by atoms with van der Waals surface area (Å²) >= 11 is 0. The van der Waals surface area contributed by atoms with Crippen LogP contribution in [-0.4, -0.2) is 29.7 Å². The van der Waals surface area contributed by atoms with Gasteiger partial charge in [-0.1, -0.05) is 78.4 Å². The molecule has 0 radical (unpaired) electrons. The van der Waals surface area contributed by atoms with Gasteiger partial charge in [0.2, 0.25) is 0 Å². The molecule has 1 aliphatic rings. The zero-order valence-corrected chi connectivity index (χ0v) is 17.3. The van der Waals surface area contributed by atoms with Crippen molar-refractivity contribution in [3.8, 4) is 11.1 Å². The van der Waals surface area contributed by atoms with Crippen molar-refractivity contribution in [3.63, 3.8) is 0 Å². The third-order valence-corrected chi connectivity index (χ3v) is 5.86. The third kappa shape index (κ3) is 4.23. The van der Waals surface area contributed by atoms with E-state index in [1.54, 1.807) is 0 Å². The van der Waals surface area contributed by atoms with Crippen LogP contribution in [0.1, 0.15) is 28.2 Å². The lowest BCUT2D eigenvalue weighted by Crippen LogP contribution is -2.43. The van der Waals surface area contributed by atoms with Gasteiger partial charge in [0.05, 0.1) is 0 Å². The summed E-state index contributed by atoms with van der Waals surface area (Å²) in [7, 11) is 0.